The molecular formula is C12H15N5O. The summed E-state index contributed by atoms with van der Waals surface area (Å²) < 4.78 is 5.03. The molecule has 18 heavy (non-hydrogen) atoms. The lowest BCUT2D eigenvalue weighted by molar-refractivity contribution is 0.375. The molecule has 0 atom stereocenters. The van der Waals surface area contributed by atoms with Crippen LogP contribution in [0.3, 0.4) is 0 Å². The van der Waals surface area contributed by atoms with Gasteiger partial charge in [-0.15, -0.1) is 0 Å². The van der Waals surface area contributed by atoms with Crippen LogP contribution in [0.15, 0.2) is 23.1 Å². The summed E-state index contributed by atoms with van der Waals surface area (Å²) in [6, 6.07) is 0. The van der Waals surface area contributed by atoms with Gasteiger partial charge >= 0.3 is 0 Å². The molecular weight excluding hydrogens is 230 g/mol. The van der Waals surface area contributed by atoms with Gasteiger partial charge in [0.05, 0.1) is 6.20 Å². The lowest BCUT2D eigenvalue weighted by Gasteiger charge is -2.31. The molecule has 1 aliphatic rings. The van der Waals surface area contributed by atoms with Crippen LogP contribution in [0.25, 0.3) is 0 Å². The fourth-order valence-electron chi connectivity index (χ4n) is 2.30. The van der Waals surface area contributed by atoms with Gasteiger partial charge < -0.3 is 9.42 Å². The van der Waals surface area contributed by atoms with Crippen molar-refractivity contribution in [3.05, 3.63) is 30.3 Å². The van der Waals surface area contributed by atoms with Crippen LogP contribution in [-0.2, 0) is 0 Å². The van der Waals surface area contributed by atoms with E-state index < -0.39 is 0 Å². The molecule has 3 heterocycles. The Hall–Kier alpha value is -1.98. The third-order valence-corrected chi connectivity index (χ3v) is 3.28. The smallest absolute Gasteiger partial charge is 0.223 e. The van der Waals surface area contributed by atoms with Crippen LogP contribution in [0, 0.1) is 6.92 Å². The fraction of sp³-hybridized carbons (Fsp3) is 0.500. The summed E-state index contributed by atoms with van der Waals surface area (Å²) in [6.45, 7) is 3.74. The molecule has 6 heteroatoms. The molecule has 1 fully saturated rings. The maximum atomic E-state index is 5.03. The van der Waals surface area contributed by atoms with Gasteiger partial charge in [0, 0.05) is 38.3 Å². The average Bonchev–Trinajstić information content (AvgIpc) is 2.87. The molecule has 1 saturated heterocycles. The predicted molar refractivity (Wildman–Crippen MR) is 65.3 cm³/mol. The highest BCUT2D eigenvalue weighted by Crippen LogP contribution is 2.27. The van der Waals surface area contributed by atoms with E-state index in [1.54, 1.807) is 18.6 Å². The number of piperidine rings is 1. The van der Waals surface area contributed by atoms with E-state index in [2.05, 4.69) is 25.0 Å². The zero-order valence-electron chi connectivity index (χ0n) is 10.3. The van der Waals surface area contributed by atoms with Crippen LogP contribution >= 0.6 is 0 Å². The molecule has 2 aromatic heterocycles. The number of aryl methyl sites for hydroxylation is 1. The second-order valence-electron chi connectivity index (χ2n) is 4.50. The highest BCUT2D eigenvalue weighted by molar-refractivity contribution is 5.35. The minimum atomic E-state index is 0.398. The molecule has 0 amide bonds. The Morgan fingerprint density at radius 3 is 2.72 bits per heavy atom. The summed E-state index contributed by atoms with van der Waals surface area (Å²) in [5, 5.41) is 4.00. The van der Waals surface area contributed by atoms with Crippen LogP contribution in [0.1, 0.15) is 30.5 Å². The maximum absolute atomic E-state index is 5.03. The average molecular weight is 245 g/mol. The van der Waals surface area contributed by atoms with Crippen molar-refractivity contribution >= 4 is 5.82 Å². The van der Waals surface area contributed by atoms with Gasteiger partial charge in [-0.25, -0.2) is 4.98 Å². The highest BCUT2D eigenvalue weighted by Gasteiger charge is 2.24. The SMILES string of the molecule is Cc1nc(C2CCN(c3cnccn3)CC2)no1. The Bertz CT molecular complexity index is 504. The van der Waals surface area contributed by atoms with E-state index in [4.69, 9.17) is 4.52 Å². The number of rotatable bonds is 2. The minimum absolute atomic E-state index is 0.398. The molecule has 0 saturated carbocycles. The van der Waals surface area contributed by atoms with E-state index in [1.807, 2.05) is 6.92 Å². The van der Waals surface area contributed by atoms with Crippen molar-refractivity contribution in [1.82, 2.24) is 20.1 Å². The van der Waals surface area contributed by atoms with E-state index >= 15 is 0 Å². The molecule has 6 nitrogen and oxygen atoms in total. The van der Waals surface area contributed by atoms with E-state index in [0.29, 0.717) is 11.8 Å². The van der Waals surface area contributed by atoms with Gasteiger partial charge in [-0.2, -0.15) is 4.98 Å². The molecule has 0 unspecified atom stereocenters. The van der Waals surface area contributed by atoms with Gasteiger partial charge in [0.15, 0.2) is 5.82 Å². The number of hydrogen-bond donors (Lipinski definition) is 0. The molecule has 2 aromatic rings. The van der Waals surface area contributed by atoms with Gasteiger partial charge in [0.2, 0.25) is 5.89 Å². The summed E-state index contributed by atoms with van der Waals surface area (Å²) in [4.78, 5) is 15.0. The monoisotopic (exact) mass is 245 g/mol. The topological polar surface area (TPSA) is 67.9 Å². The summed E-state index contributed by atoms with van der Waals surface area (Å²) in [6.07, 6.45) is 7.27. The fourth-order valence-corrected chi connectivity index (χ4v) is 2.30. The second kappa shape index (κ2) is 4.72. The number of anilines is 1. The van der Waals surface area contributed by atoms with Crippen LogP contribution in [0.4, 0.5) is 5.82 Å². The van der Waals surface area contributed by atoms with Gasteiger partial charge in [0.1, 0.15) is 5.82 Å². The summed E-state index contributed by atoms with van der Waals surface area (Å²) in [5.74, 6) is 2.82. The van der Waals surface area contributed by atoms with Crippen molar-refractivity contribution < 1.29 is 4.52 Å². The Balaban J connectivity index is 1.65. The van der Waals surface area contributed by atoms with Crippen LogP contribution in [0.2, 0.25) is 0 Å². The molecule has 3 rings (SSSR count). The van der Waals surface area contributed by atoms with Crippen LogP contribution < -0.4 is 4.90 Å². The van der Waals surface area contributed by atoms with E-state index in [-0.39, 0.29) is 0 Å². The second-order valence-corrected chi connectivity index (χ2v) is 4.50. The number of aromatic nitrogens is 4. The van der Waals surface area contributed by atoms with Crippen molar-refractivity contribution in [1.29, 1.82) is 0 Å². The van der Waals surface area contributed by atoms with Gasteiger partial charge in [-0.3, -0.25) is 4.98 Å². The number of hydrogen-bond acceptors (Lipinski definition) is 6. The minimum Gasteiger partial charge on any atom is -0.355 e. The molecule has 1 aliphatic heterocycles. The molecule has 0 aromatic carbocycles. The summed E-state index contributed by atoms with van der Waals surface area (Å²) >= 11 is 0. The van der Waals surface area contributed by atoms with Crippen molar-refractivity contribution in [3.8, 4) is 0 Å². The number of nitrogens with zero attached hydrogens (tertiary/aromatic N) is 5. The Morgan fingerprint density at radius 1 is 1.28 bits per heavy atom. The molecule has 0 spiro atoms. The lowest BCUT2D eigenvalue weighted by Crippen LogP contribution is -2.33. The van der Waals surface area contributed by atoms with Crippen LogP contribution in [-0.4, -0.2) is 33.2 Å². The lowest BCUT2D eigenvalue weighted by atomic mass is 9.96. The maximum Gasteiger partial charge on any atom is 0.223 e. The first-order valence-corrected chi connectivity index (χ1v) is 6.14. The summed E-state index contributed by atoms with van der Waals surface area (Å²) in [5.41, 5.74) is 0. The zero-order valence-corrected chi connectivity index (χ0v) is 10.3. The Morgan fingerprint density at radius 2 is 2.11 bits per heavy atom. The van der Waals surface area contributed by atoms with Crippen LogP contribution in [0.5, 0.6) is 0 Å². The standard InChI is InChI=1S/C12H15N5O/c1-9-15-12(16-18-9)10-2-6-17(7-3-10)11-8-13-4-5-14-11/h4-5,8,10H,2-3,6-7H2,1H3. The molecule has 94 valence electrons. The van der Waals surface area contributed by atoms with Gasteiger partial charge in [-0.1, -0.05) is 5.16 Å². The van der Waals surface area contributed by atoms with Gasteiger partial charge in [0.25, 0.3) is 0 Å². The highest BCUT2D eigenvalue weighted by atomic mass is 16.5. The molecule has 0 aliphatic carbocycles. The van der Waals surface area contributed by atoms with Crippen molar-refractivity contribution in [2.24, 2.45) is 0 Å². The first-order chi connectivity index (χ1) is 8.83. The van der Waals surface area contributed by atoms with Crippen molar-refractivity contribution in [2.45, 2.75) is 25.7 Å². The van der Waals surface area contributed by atoms with E-state index in [0.717, 1.165) is 37.6 Å². The van der Waals surface area contributed by atoms with Gasteiger partial charge in [-0.05, 0) is 12.8 Å². The normalized spacial score (nSPS) is 17.1. The quantitative estimate of drug-likeness (QED) is 0.799. The Labute approximate surface area is 105 Å². The van der Waals surface area contributed by atoms with E-state index in [1.165, 1.54) is 0 Å². The molecule has 0 radical (unpaired) electrons. The predicted octanol–water partition coefficient (Wildman–Crippen LogP) is 1.55. The first-order valence-electron chi connectivity index (χ1n) is 6.14. The first kappa shape index (κ1) is 11.1. The van der Waals surface area contributed by atoms with E-state index in [9.17, 15) is 0 Å². The third-order valence-electron chi connectivity index (χ3n) is 3.28. The molecule has 0 N–H and O–H groups in total. The Kier molecular flexibility index (Phi) is 2.92. The van der Waals surface area contributed by atoms with Crippen molar-refractivity contribution in [2.75, 3.05) is 18.0 Å². The molecule has 0 bridgehead atoms. The summed E-state index contributed by atoms with van der Waals surface area (Å²) in [7, 11) is 0. The third kappa shape index (κ3) is 2.18. The van der Waals surface area contributed by atoms with Crippen molar-refractivity contribution in [3.63, 3.8) is 0 Å². The zero-order chi connectivity index (χ0) is 12.4. The largest absolute Gasteiger partial charge is 0.355 e.